The van der Waals surface area contributed by atoms with Crippen molar-refractivity contribution in [3.63, 3.8) is 0 Å². The number of rotatable bonds is 5. The van der Waals surface area contributed by atoms with E-state index in [4.69, 9.17) is 0 Å². The highest BCUT2D eigenvalue weighted by molar-refractivity contribution is 9.10. The summed E-state index contributed by atoms with van der Waals surface area (Å²) in [7, 11) is 0. The van der Waals surface area contributed by atoms with Crippen LogP contribution in [0.2, 0.25) is 0 Å². The molecule has 2 N–H and O–H groups in total. The SMILES string of the molecule is CC(=O)c1cccc(NC(=O)C(C)Nc2ccc(Br)cc2)c1. The largest absolute Gasteiger partial charge is 0.374 e. The third kappa shape index (κ3) is 4.43. The molecule has 2 rings (SSSR count). The number of halogens is 1. The van der Waals surface area contributed by atoms with Crippen molar-refractivity contribution in [1.29, 1.82) is 0 Å². The predicted octanol–water partition coefficient (Wildman–Crippen LogP) is 4.09. The van der Waals surface area contributed by atoms with Crippen LogP contribution in [0.4, 0.5) is 11.4 Å². The van der Waals surface area contributed by atoms with Gasteiger partial charge in [-0.15, -0.1) is 0 Å². The van der Waals surface area contributed by atoms with E-state index in [1.54, 1.807) is 31.2 Å². The molecule has 22 heavy (non-hydrogen) atoms. The summed E-state index contributed by atoms with van der Waals surface area (Å²) >= 11 is 3.37. The van der Waals surface area contributed by atoms with Crippen LogP contribution in [0.15, 0.2) is 53.0 Å². The second-order valence-electron chi connectivity index (χ2n) is 5.00. The minimum atomic E-state index is -0.401. The molecule has 1 atom stereocenters. The normalized spacial score (nSPS) is 11.6. The lowest BCUT2D eigenvalue weighted by Crippen LogP contribution is -2.31. The van der Waals surface area contributed by atoms with Gasteiger partial charge in [-0.2, -0.15) is 0 Å². The van der Waals surface area contributed by atoms with Crippen molar-refractivity contribution in [1.82, 2.24) is 0 Å². The first-order valence-corrected chi connectivity index (χ1v) is 7.69. The quantitative estimate of drug-likeness (QED) is 0.789. The van der Waals surface area contributed by atoms with Gasteiger partial charge in [-0.3, -0.25) is 9.59 Å². The van der Waals surface area contributed by atoms with Crippen molar-refractivity contribution in [3.8, 4) is 0 Å². The van der Waals surface area contributed by atoms with Gasteiger partial charge in [0, 0.05) is 21.4 Å². The molecule has 5 heteroatoms. The first-order valence-electron chi connectivity index (χ1n) is 6.89. The Labute approximate surface area is 138 Å². The lowest BCUT2D eigenvalue weighted by molar-refractivity contribution is -0.116. The molecule has 0 spiro atoms. The molecule has 1 unspecified atom stereocenters. The number of carbonyl (C=O) groups excluding carboxylic acids is 2. The van der Waals surface area contributed by atoms with Gasteiger partial charge in [0.25, 0.3) is 0 Å². The Morgan fingerprint density at radius 1 is 1.05 bits per heavy atom. The van der Waals surface area contributed by atoms with Gasteiger partial charge >= 0.3 is 0 Å². The minimum Gasteiger partial charge on any atom is -0.374 e. The van der Waals surface area contributed by atoms with E-state index >= 15 is 0 Å². The average Bonchev–Trinajstić information content (AvgIpc) is 2.49. The number of benzene rings is 2. The first kappa shape index (κ1) is 16.2. The van der Waals surface area contributed by atoms with E-state index in [-0.39, 0.29) is 11.7 Å². The maximum absolute atomic E-state index is 12.2. The smallest absolute Gasteiger partial charge is 0.246 e. The fourth-order valence-electron chi connectivity index (χ4n) is 1.93. The Balaban J connectivity index is 2.00. The number of amides is 1. The summed E-state index contributed by atoms with van der Waals surface area (Å²) < 4.78 is 0.983. The van der Waals surface area contributed by atoms with Gasteiger partial charge in [-0.05, 0) is 50.2 Å². The summed E-state index contributed by atoms with van der Waals surface area (Å²) in [6.45, 7) is 3.28. The number of Topliss-reactive ketones (excluding diaryl/α,β-unsaturated/α-hetero) is 1. The van der Waals surface area contributed by atoms with E-state index in [0.29, 0.717) is 11.3 Å². The zero-order valence-electron chi connectivity index (χ0n) is 12.4. The second-order valence-corrected chi connectivity index (χ2v) is 5.91. The lowest BCUT2D eigenvalue weighted by Gasteiger charge is -2.15. The van der Waals surface area contributed by atoms with Crippen LogP contribution in [0.25, 0.3) is 0 Å². The van der Waals surface area contributed by atoms with E-state index in [1.807, 2.05) is 24.3 Å². The van der Waals surface area contributed by atoms with Gasteiger partial charge in [0.2, 0.25) is 5.91 Å². The summed E-state index contributed by atoms with van der Waals surface area (Å²) in [4.78, 5) is 23.6. The number of hydrogen-bond donors (Lipinski definition) is 2. The number of carbonyl (C=O) groups is 2. The monoisotopic (exact) mass is 360 g/mol. The molecule has 0 aromatic heterocycles. The lowest BCUT2D eigenvalue weighted by atomic mass is 10.1. The fourth-order valence-corrected chi connectivity index (χ4v) is 2.19. The van der Waals surface area contributed by atoms with Gasteiger partial charge in [-0.25, -0.2) is 0 Å². The summed E-state index contributed by atoms with van der Waals surface area (Å²) in [5.41, 5.74) is 2.05. The molecule has 2 aromatic rings. The summed E-state index contributed by atoms with van der Waals surface area (Å²) in [6.07, 6.45) is 0. The summed E-state index contributed by atoms with van der Waals surface area (Å²) in [5, 5.41) is 5.93. The molecule has 114 valence electrons. The van der Waals surface area contributed by atoms with Crippen molar-refractivity contribution in [2.45, 2.75) is 19.9 Å². The van der Waals surface area contributed by atoms with Gasteiger partial charge < -0.3 is 10.6 Å². The molecule has 0 aliphatic heterocycles. The van der Waals surface area contributed by atoms with Crippen LogP contribution in [-0.4, -0.2) is 17.7 Å². The topological polar surface area (TPSA) is 58.2 Å². The van der Waals surface area contributed by atoms with E-state index in [9.17, 15) is 9.59 Å². The van der Waals surface area contributed by atoms with Crippen molar-refractivity contribution in [3.05, 3.63) is 58.6 Å². The van der Waals surface area contributed by atoms with Crippen LogP contribution < -0.4 is 10.6 Å². The molecule has 0 bridgehead atoms. The Bertz CT molecular complexity index is 683. The van der Waals surface area contributed by atoms with Crippen LogP contribution in [-0.2, 0) is 4.79 Å². The van der Waals surface area contributed by atoms with Gasteiger partial charge in [0.05, 0.1) is 0 Å². The molecule has 0 heterocycles. The molecule has 0 aliphatic carbocycles. The van der Waals surface area contributed by atoms with Crippen LogP contribution in [0.1, 0.15) is 24.2 Å². The van der Waals surface area contributed by atoms with Gasteiger partial charge in [0.15, 0.2) is 5.78 Å². The van der Waals surface area contributed by atoms with Crippen molar-refractivity contribution >= 4 is 39.0 Å². The molecule has 0 saturated heterocycles. The third-order valence-electron chi connectivity index (χ3n) is 3.16. The Hall–Kier alpha value is -2.14. The van der Waals surface area contributed by atoms with Crippen molar-refractivity contribution in [2.75, 3.05) is 10.6 Å². The maximum atomic E-state index is 12.2. The third-order valence-corrected chi connectivity index (χ3v) is 3.69. The molecule has 4 nitrogen and oxygen atoms in total. The minimum absolute atomic E-state index is 0.0304. The molecular weight excluding hydrogens is 344 g/mol. The Morgan fingerprint density at radius 2 is 1.73 bits per heavy atom. The Kier molecular flexibility index (Phi) is 5.33. The van der Waals surface area contributed by atoms with Crippen molar-refractivity contribution < 1.29 is 9.59 Å². The highest BCUT2D eigenvalue weighted by Gasteiger charge is 2.13. The molecule has 0 saturated carbocycles. The van der Waals surface area contributed by atoms with E-state index < -0.39 is 6.04 Å². The van der Waals surface area contributed by atoms with E-state index in [1.165, 1.54) is 6.92 Å². The number of nitrogens with one attached hydrogen (secondary N) is 2. The first-order chi connectivity index (χ1) is 10.5. The fraction of sp³-hybridized carbons (Fsp3) is 0.176. The molecule has 0 fully saturated rings. The zero-order valence-corrected chi connectivity index (χ0v) is 14.0. The molecule has 1 amide bonds. The standard InChI is InChI=1S/C17H17BrN2O2/c1-11(19-15-8-6-14(18)7-9-15)17(22)20-16-5-3-4-13(10-16)12(2)21/h3-11,19H,1-2H3,(H,20,22). The van der Waals surface area contributed by atoms with Crippen LogP contribution in [0, 0.1) is 0 Å². The highest BCUT2D eigenvalue weighted by atomic mass is 79.9. The van der Waals surface area contributed by atoms with Gasteiger partial charge in [0.1, 0.15) is 6.04 Å². The number of anilines is 2. The van der Waals surface area contributed by atoms with E-state index in [0.717, 1.165) is 10.2 Å². The molecule has 2 aromatic carbocycles. The van der Waals surface area contributed by atoms with Crippen LogP contribution in [0.3, 0.4) is 0 Å². The number of ketones is 1. The maximum Gasteiger partial charge on any atom is 0.246 e. The van der Waals surface area contributed by atoms with Crippen LogP contribution in [0.5, 0.6) is 0 Å². The average molecular weight is 361 g/mol. The predicted molar refractivity (Wildman–Crippen MR) is 92.3 cm³/mol. The second kappa shape index (κ2) is 7.22. The van der Waals surface area contributed by atoms with Gasteiger partial charge in [-0.1, -0.05) is 28.1 Å². The molecular formula is C17H17BrN2O2. The Morgan fingerprint density at radius 3 is 2.36 bits per heavy atom. The van der Waals surface area contributed by atoms with E-state index in [2.05, 4.69) is 26.6 Å². The zero-order chi connectivity index (χ0) is 16.1. The number of hydrogen-bond acceptors (Lipinski definition) is 3. The summed E-state index contributed by atoms with van der Waals surface area (Å²) in [5.74, 6) is -0.194. The summed E-state index contributed by atoms with van der Waals surface area (Å²) in [6, 6.07) is 14.1. The molecule has 0 radical (unpaired) electrons. The molecule has 0 aliphatic rings. The van der Waals surface area contributed by atoms with Crippen LogP contribution >= 0.6 is 15.9 Å². The van der Waals surface area contributed by atoms with Crippen molar-refractivity contribution in [2.24, 2.45) is 0 Å². The highest BCUT2D eigenvalue weighted by Crippen LogP contribution is 2.16.